The summed E-state index contributed by atoms with van der Waals surface area (Å²) in [5, 5.41) is 5.15. The van der Waals surface area contributed by atoms with Crippen molar-refractivity contribution in [2.45, 2.75) is 37.8 Å². The Kier molecular flexibility index (Phi) is 4.29. The molecule has 2 aliphatic rings. The van der Waals surface area contributed by atoms with E-state index in [-0.39, 0.29) is 6.03 Å². The van der Waals surface area contributed by atoms with Crippen LogP contribution in [0.25, 0.3) is 0 Å². The maximum absolute atomic E-state index is 11.1. The second-order valence-corrected chi connectivity index (χ2v) is 6.66. The minimum Gasteiger partial charge on any atom is -0.351 e. The first-order valence-electron chi connectivity index (χ1n) is 7.33. The van der Waals surface area contributed by atoms with E-state index in [1.807, 2.05) is 12.1 Å². The van der Waals surface area contributed by atoms with Gasteiger partial charge in [-0.25, -0.2) is 4.79 Å². The highest BCUT2D eigenvalue weighted by Gasteiger charge is 2.29. The molecule has 1 atom stereocenters. The van der Waals surface area contributed by atoms with Crippen LogP contribution in [0.1, 0.15) is 36.4 Å². The Labute approximate surface area is 134 Å². The van der Waals surface area contributed by atoms with Crippen molar-refractivity contribution in [3.8, 4) is 0 Å². The van der Waals surface area contributed by atoms with Crippen LogP contribution in [-0.2, 0) is 6.42 Å². The zero-order valence-corrected chi connectivity index (χ0v) is 13.3. The molecule has 1 saturated heterocycles. The summed E-state index contributed by atoms with van der Waals surface area (Å²) in [5.74, 6) is 0. The van der Waals surface area contributed by atoms with Gasteiger partial charge in [0.1, 0.15) is 0 Å². The van der Waals surface area contributed by atoms with E-state index < -0.39 is 0 Å². The summed E-state index contributed by atoms with van der Waals surface area (Å²) in [6.07, 6.45) is 3.90. The summed E-state index contributed by atoms with van der Waals surface area (Å²) in [6.45, 7) is 1.45. The monoisotopic (exact) mass is 327 g/mol. The van der Waals surface area contributed by atoms with Crippen molar-refractivity contribution >= 4 is 29.2 Å². The lowest BCUT2D eigenvalue weighted by Gasteiger charge is -2.33. The highest BCUT2D eigenvalue weighted by molar-refractivity contribution is 6.35. The number of nitrogens with one attached hydrogen (secondary N) is 1. The number of fused-ring (bicyclic) bond motifs is 1. The third-order valence-corrected chi connectivity index (χ3v) is 5.05. The van der Waals surface area contributed by atoms with Crippen molar-refractivity contribution < 1.29 is 4.79 Å². The number of carbonyl (C=O) groups is 1. The van der Waals surface area contributed by atoms with Gasteiger partial charge in [0.05, 0.1) is 0 Å². The zero-order chi connectivity index (χ0) is 15.0. The summed E-state index contributed by atoms with van der Waals surface area (Å²) < 4.78 is 0. The van der Waals surface area contributed by atoms with Crippen LogP contribution in [0.3, 0.4) is 0 Å². The number of carbonyl (C=O) groups excluding carboxylic acids is 1. The average Bonchev–Trinajstić information content (AvgIpc) is 2.83. The number of nitrogens with zero attached hydrogens (tertiary/aromatic N) is 1. The number of amides is 2. The molecule has 0 radical (unpaired) electrons. The van der Waals surface area contributed by atoms with Crippen LogP contribution >= 0.6 is 23.2 Å². The van der Waals surface area contributed by atoms with E-state index >= 15 is 0 Å². The fourth-order valence-corrected chi connectivity index (χ4v) is 3.97. The van der Waals surface area contributed by atoms with Crippen LogP contribution in [0.4, 0.5) is 4.79 Å². The molecule has 1 aliphatic heterocycles. The summed E-state index contributed by atoms with van der Waals surface area (Å²) in [4.78, 5) is 12.8. The topological polar surface area (TPSA) is 58.4 Å². The van der Waals surface area contributed by atoms with Gasteiger partial charge < -0.3 is 16.0 Å². The number of benzene rings is 1. The lowest BCUT2D eigenvalue weighted by atomic mass is 10.0. The van der Waals surface area contributed by atoms with Crippen molar-refractivity contribution in [2.24, 2.45) is 5.73 Å². The van der Waals surface area contributed by atoms with Gasteiger partial charge in [-0.15, -0.1) is 0 Å². The lowest BCUT2D eigenvalue weighted by molar-refractivity contribution is 0.182. The Morgan fingerprint density at radius 2 is 1.95 bits per heavy atom. The number of hydrogen-bond acceptors (Lipinski definition) is 2. The van der Waals surface area contributed by atoms with E-state index in [4.69, 9.17) is 28.9 Å². The molecule has 0 spiro atoms. The maximum atomic E-state index is 11.1. The molecule has 1 fully saturated rings. The number of urea groups is 1. The van der Waals surface area contributed by atoms with Crippen molar-refractivity contribution in [3.05, 3.63) is 33.3 Å². The van der Waals surface area contributed by atoms with Crippen molar-refractivity contribution in [2.75, 3.05) is 13.1 Å². The Hall–Kier alpha value is -0.970. The maximum Gasteiger partial charge on any atom is 0.314 e. The Bertz CT molecular complexity index is 556. The second kappa shape index (κ2) is 6.03. The standard InChI is InChI=1S/C15H19Cl2N3O/c16-9-7-12-11(13(17)8-9)1-2-14(12)19-10-3-5-20(6-4-10)15(18)21/h7-8,10,14,19H,1-6H2,(H2,18,21)/t14-/m0/s1. The smallest absolute Gasteiger partial charge is 0.314 e. The van der Waals surface area contributed by atoms with E-state index in [2.05, 4.69) is 5.32 Å². The molecule has 3 N–H and O–H groups in total. The molecule has 114 valence electrons. The molecule has 4 nitrogen and oxygen atoms in total. The van der Waals surface area contributed by atoms with Gasteiger partial charge in [-0.2, -0.15) is 0 Å². The number of halogens is 2. The minimum absolute atomic E-state index is 0.307. The number of primary amides is 1. The number of likely N-dealkylation sites (tertiary alicyclic amines) is 1. The van der Waals surface area contributed by atoms with E-state index in [9.17, 15) is 4.79 Å². The zero-order valence-electron chi connectivity index (χ0n) is 11.7. The van der Waals surface area contributed by atoms with E-state index in [0.29, 0.717) is 17.1 Å². The van der Waals surface area contributed by atoms with Gasteiger partial charge in [0.2, 0.25) is 0 Å². The van der Waals surface area contributed by atoms with Gasteiger partial charge in [-0.05, 0) is 48.9 Å². The molecule has 0 saturated carbocycles. The summed E-state index contributed by atoms with van der Waals surface area (Å²) >= 11 is 12.4. The van der Waals surface area contributed by atoms with Gasteiger partial charge >= 0.3 is 6.03 Å². The molecule has 21 heavy (non-hydrogen) atoms. The minimum atomic E-state index is -0.321. The Balaban J connectivity index is 1.65. The molecule has 1 aromatic carbocycles. The van der Waals surface area contributed by atoms with Crippen LogP contribution in [0.5, 0.6) is 0 Å². The van der Waals surface area contributed by atoms with E-state index in [0.717, 1.165) is 43.8 Å². The molecule has 0 bridgehead atoms. The molecular formula is C15H19Cl2N3O. The van der Waals surface area contributed by atoms with Gasteiger partial charge in [-0.1, -0.05) is 23.2 Å². The normalized spacial score (nSPS) is 22.4. The van der Waals surface area contributed by atoms with Crippen molar-refractivity contribution in [3.63, 3.8) is 0 Å². The van der Waals surface area contributed by atoms with Crippen LogP contribution in [0.2, 0.25) is 10.0 Å². The molecule has 2 amide bonds. The number of rotatable bonds is 2. The number of piperidine rings is 1. The van der Waals surface area contributed by atoms with Crippen LogP contribution < -0.4 is 11.1 Å². The Morgan fingerprint density at radius 1 is 1.24 bits per heavy atom. The molecular weight excluding hydrogens is 309 g/mol. The van der Waals surface area contributed by atoms with Crippen molar-refractivity contribution in [1.82, 2.24) is 10.2 Å². The second-order valence-electron chi connectivity index (χ2n) is 5.81. The molecule has 1 aromatic rings. The summed E-state index contributed by atoms with van der Waals surface area (Å²) in [5.41, 5.74) is 7.75. The third-order valence-electron chi connectivity index (χ3n) is 4.50. The number of nitrogens with two attached hydrogens (primary N) is 1. The predicted molar refractivity (Wildman–Crippen MR) is 84.8 cm³/mol. The average molecular weight is 328 g/mol. The first-order chi connectivity index (χ1) is 10.0. The highest BCUT2D eigenvalue weighted by Crippen LogP contribution is 2.38. The van der Waals surface area contributed by atoms with Crippen molar-refractivity contribution in [1.29, 1.82) is 0 Å². The summed E-state index contributed by atoms with van der Waals surface area (Å²) in [7, 11) is 0. The highest BCUT2D eigenvalue weighted by atomic mass is 35.5. The van der Waals surface area contributed by atoms with E-state index in [1.165, 1.54) is 11.1 Å². The van der Waals surface area contributed by atoms with Crippen LogP contribution in [0, 0.1) is 0 Å². The summed E-state index contributed by atoms with van der Waals surface area (Å²) in [6, 6.07) is 4.23. The first-order valence-corrected chi connectivity index (χ1v) is 8.08. The molecule has 1 heterocycles. The lowest BCUT2D eigenvalue weighted by Crippen LogP contribution is -2.47. The number of hydrogen-bond donors (Lipinski definition) is 2. The predicted octanol–water partition coefficient (Wildman–Crippen LogP) is 3.11. The van der Waals surface area contributed by atoms with Crippen LogP contribution in [0.15, 0.2) is 12.1 Å². The SMILES string of the molecule is NC(=O)N1CCC(N[C@H]2CCc3c(Cl)cc(Cl)cc32)CC1. The molecule has 0 aromatic heterocycles. The molecule has 0 unspecified atom stereocenters. The quantitative estimate of drug-likeness (QED) is 0.876. The largest absolute Gasteiger partial charge is 0.351 e. The third kappa shape index (κ3) is 3.12. The molecule has 1 aliphatic carbocycles. The van der Waals surface area contributed by atoms with Gasteiger partial charge in [-0.3, -0.25) is 0 Å². The fraction of sp³-hybridized carbons (Fsp3) is 0.533. The van der Waals surface area contributed by atoms with E-state index in [1.54, 1.807) is 4.90 Å². The van der Waals surface area contributed by atoms with Crippen LogP contribution in [-0.4, -0.2) is 30.1 Å². The first kappa shape index (κ1) is 14.9. The van der Waals surface area contributed by atoms with Gasteiger partial charge in [0, 0.05) is 35.2 Å². The Morgan fingerprint density at radius 3 is 2.62 bits per heavy atom. The molecule has 6 heteroatoms. The van der Waals surface area contributed by atoms with Gasteiger partial charge in [0.25, 0.3) is 0 Å². The van der Waals surface area contributed by atoms with Gasteiger partial charge in [0.15, 0.2) is 0 Å². The fourth-order valence-electron chi connectivity index (χ4n) is 3.37. The molecule has 3 rings (SSSR count).